The molecule has 3 aromatic rings. The van der Waals surface area contributed by atoms with E-state index in [0.717, 1.165) is 49.0 Å². The Morgan fingerprint density at radius 1 is 0.814 bits per heavy atom. The standard InChI is InChI=1S/C34H43N3O6/c1-37(22-25-9-5-4-6-10-25)23-30-21-31(27-15-13-26(24-38)14-16-27)43-34(42-30)28-17-19-29(20-18-28)35-32(39)11-7-2-3-8-12-33(40)36-41/h4-6,9-10,13-20,30-31,34,38,41H,2-3,7-8,11-12,21-24H2,1H3,(H,35,39)(H,36,40)/t30-,31+,34+/m1/s1. The highest BCUT2D eigenvalue weighted by atomic mass is 16.7. The molecule has 0 bridgehead atoms. The van der Waals surface area contributed by atoms with Gasteiger partial charge < -0.3 is 19.9 Å². The monoisotopic (exact) mass is 589 g/mol. The normalized spacial score (nSPS) is 18.4. The number of hydrogen-bond acceptors (Lipinski definition) is 7. The summed E-state index contributed by atoms with van der Waals surface area (Å²) in [6.07, 6.45) is 3.67. The second-order valence-electron chi connectivity index (χ2n) is 11.2. The first-order valence-corrected chi connectivity index (χ1v) is 15.0. The number of carbonyl (C=O) groups excluding carboxylic acids is 2. The predicted molar refractivity (Wildman–Crippen MR) is 164 cm³/mol. The van der Waals surface area contributed by atoms with Crippen molar-refractivity contribution in [2.45, 2.75) is 76.6 Å². The van der Waals surface area contributed by atoms with Crippen molar-refractivity contribution in [3.05, 3.63) is 101 Å². The molecule has 1 aliphatic heterocycles. The van der Waals surface area contributed by atoms with Gasteiger partial charge >= 0.3 is 0 Å². The quantitative estimate of drug-likeness (QED) is 0.103. The molecule has 2 amide bonds. The summed E-state index contributed by atoms with van der Waals surface area (Å²) in [7, 11) is 2.10. The van der Waals surface area contributed by atoms with Gasteiger partial charge in [0.15, 0.2) is 6.29 Å². The van der Waals surface area contributed by atoms with Crippen LogP contribution in [0, 0.1) is 0 Å². The molecule has 1 saturated heterocycles. The second kappa shape index (κ2) is 16.9. The third-order valence-electron chi connectivity index (χ3n) is 7.57. The van der Waals surface area contributed by atoms with Crippen LogP contribution >= 0.6 is 0 Å². The number of carbonyl (C=O) groups is 2. The number of hydroxylamine groups is 1. The van der Waals surface area contributed by atoms with E-state index in [0.29, 0.717) is 24.9 Å². The van der Waals surface area contributed by atoms with E-state index < -0.39 is 6.29 Å². The average Bonchev–Trinajstić information content (AvgIpc) is 3.03. The van der Waals surface area contributed by atoms with Crippen LogP contribution in [0.1, 0.15) is 79.6 Å². The highest BCUT2D eigenvalue weighted by molar-refractivity contribution is 5.90. The summed E-state index contributed by atoms with van der Waals surface area (Å²) in [4.78, 5) is 25.7. The maximum atomic E-state index is 12.4. The van der Waals surface area contributed by atoms with Crippen LogP contribution in [0.3, 0.4) is 0 Å². The molecule has 0 aromatic heterocycles. The number of benzene rings is 3. The molecule has 1 heterocycles. The predicted octanol–water partition coefficient (Wildman–Crippen LogP) is 5.64. The van der Waals surface area contributed by atoms with Crippen LogP contribution in [0.4, 0.5) is 5.69 Å². The molecule has 1 aliphatic rings. The van der Waals surface area contributed by atoms with Crippen molar-refractivity contribution in [1.82, 2.24) is 10.4 Å². The number of aliphatic hydroxyl groups is 1. The molecule has 0 saturated carbocycles. The summed E-state index contributed by atoms with van der Waals surface area (Å²) in [5.74, 6) is -0.442. The first kappa shape index (κ1) is 32.3. The number of likely N-dealkylation sites (N-methyl/N-ethyl adjacent to an activating group) is 1. The molecule has 0 aliphatic carbocycles. The van der Waals surface area contributed by atoms with Gasteiger partial charge in [-0.15, -0.1) is 0 Å². The summed E-state index contributed by atoms with van der Waals surface area (Å²) in [5, 5.41) is 20.9. The highest BCUT2D eigenvalue weighted by Gasteiger charge is 2.32. The number of ether oxygens (including phenoxy) is 2. The number of rotatable bonds is 15. The van der Waals surface area contributed by atoms with Crippen LogP contribution in [0.15, 0.2) is 78.9 Å². The minimum atomic E-state index is -0.566. The van der Waals surface area contributed by atoms with E-state index in [1.54, 1.807) is 5.48 Å². The lowest BCUT2D eigenvalue weighted by Crippen LogP contribution is -2.37. The third kappa shape index (κ3) is 10.6. The number of anilines is 1. The maximum Gasteiger partial charge on any atom is 0.243 e. The molecule has 3 aromatic carbocycles. The lowest BCUT2D eigenvalue weighted by atomic mass is 9.99. The van der Waals surface area contributed by atoms with Crippen LogP contribution in [-0.2, 0) is 32.2 Å². The summed E-state index contributed by atoms with van der Waals surface area (Å²) in [6, 6.07) is 25.8. The van der Waals surface area contributed by atoms with Crippen molar-refractivity contribution in [1.29, 1.82) is 0 Å². The highest BCUT2D eigenvalue weighted by Crippen LogP contribution is 2.38. The Morgan fingerprint density at radius 3 is 2.12 bits per heavy atom. The van der Waals surface area contributed by atoms with Crippen LogP contribution in [0.5, 0.6) is 0 Å². The molecule has 9 nitrogen and oxygen atoms in total. The molecule has 1 fully saturated rings. The summed E-state index contributed by atoms with van der Waals surface area (Å²) in [6.45, 7) is 1.55. The molecule has 0 spiro atoms. The van der Waals surface area contributed by atoms with Crippen LogP contribution < -0.4 is 10.8 Å². The fourth-order valence-corrected chi connectivity index (χ4v) is 5.27. The van der Waals surface area contributed by atoms with E-state index in [1.807, 2.05) is 66.7 Å². The minimum Gasteiger partial charge on any atom is -0.392 e. The fourth-order valence-electron chi connectivity index (χ4n) is 5.27. The zero-order chi connectivity index (χ0) is 30.4. The zero-order valence-electron chi connectivity index (χ0n) is 24.8. The van der Waals surface area contributed by atoms with Crippen molar-refractivity contribution in [2.75, 3.05) is 18.9 Å². The molecule has 230 valence electrons. The number of aliphatic hydroxyl groups excluding tert-OH is 1. The third-order valence-corrected chi connectivity index (χ3v) is 7.57. The van der Waals surface area contributed by atoms with Gasteiger partial charge in [-0.25, -0.2) is 5.48 Å². The molecule has 0 unspecified atom stereocenters. The van der Waals surface area contributed by atoms with Gasteiger partial charge in [-0.1, -0.05) is 79.6 Å². The molecule has 0 radical (unpaired) electrons. The Balaban J connectivity index is 1.34. The topological polar surface area (TPSA) is 120 Å². The van der Waals surface area contributed by atoms with Crippen LogP contribution in [0.2, 0.25) is 0 Å². The number of hydrogen-bond donors (Lipinski definition) is 4. The second-order valence-corrected chi connectivity index (χ2v) is 11.2. The van der Waals surface area contributed by atoms with E-state index in [2.05, 4.69) is 29.4 Å². The lowest BCUT2D eigenvalue weighted by molar-refractivity contribution is -0.252. The van der Waals surface area contributed by atoms with Crippen molar-refractivity contribution in [2.24, 2.45) is 0 Å². The largest absolute Gasteiger partial charge is 0.392 e. The number of nitrogens with one attached hydrogen (secondary N) is 2. The van der Waals surface area contributed by atoms with E-state index in [1.165, 1.54) is 5.56 Å². The van der Waals surface area contributed by atoms with Gasteiger partial charge in [-0.2, -0.15) is 0 Å². The van der Waals surface area contributed by atoms with Crippen LogP contribution in [-0.4, -0.2) is 46.7 Å². The molecule has 9 heteroatoms. The van der Waals surface area contributed by atoms with Gasteiger partial charge in [-0.3, -0.25) is 19.7 Å². The smallest absolute Gasteiger partial charge is 0.243 e. The Kier molecular flexibility index (Phi) is 12.7. The van der Waals surface area contributed by atoms with E-state index in [-0.39, 0.29) is 37.0 Å². The van der Waals surface area contributed by atoms with E-state index >= 15 is 0 Å². The molecule has 43 heavy (non-hydrogen) atoms. The first-order chi connectivity index (χ1) is 20.9. The fraction of sp³-hybridized carbons (Fsp3) is 0.412. The summed E-state index contributed by atoms with van der Waals surface area (Å²) in [5.41, 5.74) is 6.35. The number of unbranched alkanes of at least 4 members (excludes halogenated alkanes) is 3. The van der Waals surface area contributed by atoms with Crippen molar-refractivity contribution in [3.8, 4) is 0 Å². The molecular formula is C34H43N3O6. The first-order valence-electron chi connectivity index (χ1n) is 15.0. The zero-order valence-corrected chi connectivity index (χ0v) is 24.8. The van der Waals surface area contributed by atoms with Gasteiger partial charge in [-0.05, 0) is 48.7 Å². The van der Waals surface area contributed by atoms with Gasteiger partial charge in [0.25, 0.3) is 0 Å². The lowest BCUT2D eigenvalue weighted by Gasteiger charge is -2.38. The van der Waals surface area contributed by atoms with Crippen molar-refractivity contribution >= 4 is 17.5 Å². The Morgan fingerprint density at radius 2 is 1.47 bits per heavy atom. The molecular weight excluding hydrogens is 546 g/mol. The van der Waals surface area contributed by atoms with E-state index in [9.17, 15) is 14.7 Å². The van der Waals surface area contributed by atoms with E-state index in [4.69, 9.17) is 14.7 Å². The SMILES string of the molecule is CN(Cc1ccccc1)C[C@H]1C[C@@H](c2ccc(CO)cc2)O[C@@H](c2ccc(NC(=O)CCCCCCC(=O)NO)cc2)O1. The molecule has 4 N–H and O–H groups in total. The Labute approximate surface area is 253 Å². The maximum absolute atomic E-state index is 12.4. The van der Waals surface area contributed by atoms with Crippen molar-refractivity contribution in [3.63, 3.8) is 0 Å². The number of nitrogens with zero attached hydrogens (tertiary/aromatic N) is 1. The number of amides is 2. The van der Waals surface area contributed by atoms with Crippen molar-refractivity contribution < 1.29 is 29.4 Å². The van der Waals surface area contributed by atoms with Gasteiger partial charge in [0.1, 0.15) is 0 Å². The average molecular weight is 590 g/mol. The molecule has 4 rings (SSSR count). The Bertz CT molecular complexity index is 1270. The van der Waals surface area contributed by atoms with Crippen LogP contribution in [0.25, 0.3) is 0 Å². The summed E-state index contributed by atoms with van der Waals surface area (Å²) < 4.78 is 12.9. The summed E-state index contributed by atoms with van der Waals surface area (Å²) >= 11 is 0. The van der Waals surface area contributed by atoms with Gasteiger partial charge in [0.05, 0.1) is 18.8 Å². The van der Waals surface area contributed by atoms with Gasteiger partial charge in [0, 0.05) is 43.6 Å². The molecule has 3 atom stereocenters. The Hall–Kier alpha value is -3.60. The minimum absolute atomic E-state index is 0.00115. The van der Waals surface area contributed by atoms with Gasteiger partial charge in [0.2, 0.25) is 11.8 Å².